The molecule has 0 radical (unpaired) electrons. The summed E-state index contributed by atoms with van der Waals surface area (Å²) in [7, 11) is -2.22. The van der Waals surface area contributed by atoms with Gasteiger partial charge in [-0.15, -0.1) is 11.3 Å². The average Bonchev–Trinajstić information content (AvgIpc) is 3.43. The summed E-state index contributed by atoms with van der Waals surface area (Å²) in [6.07, 6.45) is 1.03. The number of likely N-dealkylation sites (N-methyl/N-ethyl adjacent to an activating group) is 1. The zero-order valence-corrected chi connectivity index (χ0v) is 19.9. The minimum Gasteiger partial charge on any atom is -0.368 e. The Morgan fingerprint density at radius 3 is 2.75 bits per heavy atom. The Balaban J connectivity index is 1.63. The van der Waals surface area contributed by atoms with Gasteiger partial charge in [0.15, 0.2) is 5.82 Å². The van der Waals surface area contributed by atoms with Gasteiger partial charge >= 0.3 is 0 Å². The number of rotatable bonds is 7. The molecule has 0 spiro atoms. The molecule has 1 aliphatic rings. The molecule has 0 unspecified atom stereocenters. The first-order valence-corrected chi connectivity index (χ1v) is 12.8. The molecule has 0 bridgehead atoms. The Bertz CT molecular complexity index is 1220. The lowest BCUT2D eigenvalue weighted by Gasteiger charge is -2.24. The van der Waals surface area contributed by atoms with Crippen molar-refractivity contribution in [3.63, 3.8) is 0 Å². The van der Waals surface area contributed by atoms with Crippen LogP contribution in [-0.2, 0) is 10.0 Å². The standard InChI is InChI=1S/C21H23ClFN5O2S2/c1-13-3-4-17(19(7-13)28-6-5-14(10-28)24-2)26-18-9-16(23)20(8-15(18)22)32(29,30)27-21-11-31-12-25-21/h3-4,7-9,11-12,14,24,26-27H,5-6,10H2,1-2H3/t14-/m0/s1. The molecule has 170 valence electrons. The summed E-state index contributed by atoms with van der Waals surface area (Å²) in [6, 6.07) is 8.55. The van der Waals surface area contributed by atoms with Crippen LogP contribution >= 0.6 is 22.9 Å². The highest BCUT2D eigenvalue weighted by molar-refractivity contribution is 7.92. The molecule has 32 heavy (non-hydrogen) atoms. The van der Waals surface area contributed by atoms with Crippen molar-refractivity contribution in [1.29, 1.82) is 0 Å². The number of aromatic nitrogens is 1. The van der Waals surface area contributed by atoms with E-state index in [1.807, 2.05) is 26.1 Å². The zero-order valence-electron chi connectivity index (χ0n) is 17.5. The first-order valence-electron chi connectivity index (χ1n) is 9.97. The molecule has 1 aromatic heterocycles. The molecular weight excluding hydrogens is 473 g/mol. The van der Waals surface area contributed by atoms with Crippen molar-refractivity contribution in [3.05, 3.63) is 57.6 Å². The van der Waals surface area contributed by atoms with Gasteiger partial charge in [-0.3, -0.25) is 4.72 Å². The molecule has 0 amide bonds. The van der Waals surface area contributed by atoms with E-state index >= 15 is 0 Å². The quantitative estimate of drug-likeness (QED) is 0.444. The fraction of sp³-hybridized carbons (Fsp3) is 0.286. The first kappa shape index (κ1) is 22.8. The maximum absolute atomic E-state index is 14.9. The van der Waals surface area contributed by atoms with Crippen LogP contribution in [0.4, 0.5) is 27.3 Å². The molecule has 0 saturated carbocycles. The van der Waals surface area contributed by atoms with Gasteiger partial charge in [0.25, 0.3) is 10.0 Å². The minimum absolute atomic E-state index is 0.0890. The van der Waals surface area contributed by atoms with Crippen LogP contribution in [0.15, 0.2) is 46.1 Å². The van der Waals surface area contributed by atoms with E-state index in [1.165, 1.54) is 22.2 Å². The molecule has 1 saturated heterocycles. The summed E-state index contributed by atoms with van der Waals surface area (Å²) < 4.78 is 42.3. The SMILES string of the molecule is CN[C@H]1CCN(c2cc(C)ccc2Nc2cc(F)c(S(=O)(=O)Nc3cscn3)cc2Cl)C1. The van der Waals surface area contributed by atoms with E-state index in [0.29, 0.717) is 6.04 Å². The zero-order chi connectivity index (χ0) is 22.9. The van der Waals surface area contributed by atoms with Crippen LogP contribution in [0.5, 0.6) is 0 Å². The molecule has 7 nitrogen and oxygen atoms in total. The minimum atomic E-state index is -4.17. The van der Waals surface area contributed by atoms with Crippen LogP contribution in [0.25, 0.3) is 0 Å². The third kappa shape index (κ3) is 4.83. The maximum Gasteiger partial charge on any atom is 0.266 e. The summed E-state index contributed by atoms with van der Waals surface area (Å²) in [5.41, 5.74) is 4.62. The van der Waals surface area contributed by atoms with E-state index in [4.69, 9.17) is 11.6 Å². The number of nitrogens with zero attached hydrogens (tertiary/aromatic N) is 2. The summed E-state index contributed by atoms with van der Waals surface area (Å²) in [6.45, 7) is 3.77. The van der Waals surface area contributed by atoms with Crippen molar-refractivity contribution in [2.75, 3.05) is 35.1 Å². The largest absolute Gasteiger partial charge is 0.368 e. The smallest absolute Gasteiger partial charge is 0.266 e. The van der Waals surface area contributed by atoms with Crippen LogP contribution < -0.4 is 20.3 Å². The van der Waals surface area contributed by atoms with Crippen LogP contribution in [-0.4, -0.2) is 39.6 Å². The number of halogens is 2. The Labute approximate surface area is 195 Å². The van der Waals surface area contributed by atoms with Crippen molar-refractivity contribution in [2.45, 2.75) is 24.3 Å². The highest BCUT2D eigenvalue weighted by Crippen LogP contribution is 2.36. The number of nitrogens with one attached hydrogen (secondary N) is 3. The van der Waals surface area contributed by atoms with Gasteiger partial charge in [0.05, 0.1) is 27.6 Å². The van der Waals surface area contributed by atoms with Crippen LogP contribution in [0.3, 0.4) is 0 Å². The molecule has 2 heterocycles. The number of hydrogen-bond donors (Lipinski definition) is 3. The first-order chi connectivity index (χ1) is 15.3. The van der Waals surface area contributed by atoms with Crippen molar-refractivity contribution in [3.8, 4) is 0 Å². The van der Waals surface area contributed by atoms with Crippen molar-refractivity contribution in [1.82, 2.24) is 10.3 Å². The fourth-order valence-electron chi connectivity index (χ4n) is 3.65. The highest BCUT2D eigenvalue weighted by Gasteiger charge is 2.25. The molecule has 3 N–H and O–H groups in total. The fourth-order valence-corrected chi connectivity index (χ4v) is 5.57. The molecule has 3 aromatic rings. The lowest BCUT2D eigenvalue weighted by molar-refractivity contribution is 0.570. The summed E-state index contributed by atoms with van der Waals surface area (Å²) in [5.74, 6) is -0.785. The van der Waals surface area contributed by atoms with E-state index in [-0.39, 0.29) is 16.5 Å². The molecule has 2 aromatic carbocycles. The van der Waals surface area contributed by atoms with Crippen LogP contribution in [0, 0.1) is 12.7 Å². The van der Waals surface area contributed by atoms with Crippen molar-refractivity contribution in [2.24, 2.45) is 0 Å². The highest BCUT2D eigenvalue weighted by atomic mass is 35.5. The Morgan fingerprint density at radius 1 is 1.25 bits per heavy atom. The van der Waals surface area contributed by atoms with Crippen LogP contribution in [0.1, 0.15) is 12.0 Å². The Morgan fingerprint density at radius 2 is 2.06 bits per heavy atom. The lowest BCUT2D eigenvalue weighted by atomic mass is 10.1. The number of benzene rings is 2. The lowest BCUT2D eigenvalue weighted by Crippen LogP contribution is -2.29. The second-order valence-corrected chi connectivity index (χ2v) is 10.4. The Hall–Kier alpha value is -2.40. The van der Waals surface area contributed by atoms with Gasteiger partial charge in [0.2, 0.25) is 0 Å². The van der Waals surface area contributed by atoms with Crippen molar-refractivity contribution < 1.29 is 12.8 Å². The van der Waals surface area contributed by atoms with Gasteiger partial charge in [0, 0.05) is 30.6 Å². The van der Waals surface area contributed by atoms with E-state index in [0.717, 1.165) is 48.6 Å². The van der Waals surface area contributed by atoms with Gasteiger partial charge in [-0.2, -0.15) is 0 Å². The number of sulfonamides is 1. The number of thiazole rings is 1. The van der Waals surface area contributed by atoms with Gasteiger partial charge in [-0.05, 0) is 44.2 Å². The molecule has 11 heteroatoms. The molecule has 4 rings (SSSR count). The topological polar surface area (TPSA) is 86.4 Å². The number of anilines is 4. The predicted molar refractivity (Wildman–Crippen MR) is 128 cm³/mol. The van der Waals surface area contributed by atoms with E-state index in [2.05, 4.69) is 31.3 Å². The Kier molecular flexibility index (Phi) is 6.57. The average molecular weight is 496 g/mol. The molecule has 1 atom stereocenters. The van der Waals surface area contributed by atoms with Crippen molar-refractivity contribution >= 4 is 55.8 Å². The molecular formula is C21H23ClFN5O2S2. The summed E-state index contributed by atoms with van der Waals surface area (Å²) >= 11 is 7.59. The third-order valence-corrected chi connectivity index (χ3v) is 7.61. The summed E-state index contributed by atoms with van der Waals surface area (Å²) in [5, 5.41) is 8.09. The predicted octanol–water partition coefficient (Wildman–Crippen LogP) is 4.59. The second-order valence-electron chi connectivity index (χ2n) is 7.61. The van der Waals surface area contributed by atoms with E-state index < -0.39 is 20.7 Å². The van der Waals surface area contributed by atoms with Crippen LogP contribution in [0.2, 0.25) is 5.02 Å². The molecule has 1 fully saturated rings. The number of hydrogen-bond acceptors (Lipinski definition) is 7. The van der Waals surface area contributed by atoms with Gasteiger partial charge in [0.1, 0.15) is 10.7 Å². The summed E-state index contributed by atoms with van der Waals surface area (Å²) in [4.78, 5) is 5.59. The normalized spacial score (nSPS) is 16.4. The monoisotopic (exact) mass is 495 g/mol. The van der Waals surface area contributed by atoms with E-state index in [9.17, 15) is 12.8 Å². The molecule has 0 aliphatic carbocycles. The van der Waals surface area contributed by atoms with E-state index in [1.54, 1.807) is 0 Å². The third-order valence-electron chi connectivity index (χ3n) is 5.34. The van der Waals surface area contributed by atoms with Gasteiger partial charge in [-0.25, -0.2) is 17.8 Å². The van der Waals surface area contributed by atoms with Gasteiger partial charge in [-0.1, -0.05) is 17.7 Å². The molecule has 1 aliphatic heterocycles. The number of aryl methyl sites for hydroxylation is 1. The van der Waals surface area contributed by atoms with Gasteiger partial charge < -0.3 is 15.5 Å². The maximum atomic E-state index is 14.9. The second kappa shape index (κ2) is 9.22.